The Morgan fingerprint density at radius 1 is 1.29 bits per heavy atom. The van der Waals surface area contributed by atoms with Gasteiger partial charge in [-0.15, -0.1) is 0 Å². The number of carbonyl (C=O) groups excluding carboxylic acids is 1. The van der Waals surface area contributed by atoms with Crippen molar-refractivity contribution in [1.82, 2.24) is 5.43 Å². The zero-order chi connectivity index (χ0) is 16.8. The molecule has 3 rings (SSSR count). The summed E-state index contributed by atoms with van der Waals surface area (Å²) in [5, 5.41) is 4.32. The molecule has 0 bridgehead atoms. The SMILES string of the molecule is O=C(COc1ccccc1Cl)N/N=C/c1ccc(N2CCCC2)o1. The van der Waals surface area contributed by atoms with Crippen LogP contribution >= 0.6 is 11.6 Å². The minimum absolute atomic E-state index is 0.168. The summed E-state index contributed by atoms with van der Waals surface area (Å²) in [6.07, 6.45) is 3.84. The van der Waals surface area contributed by atoms with Crippen LogP contribution in [0.15, 0.2) is 45.9 Å². The number of nitrogens with one attached hydrogen (secondary N) is 1. The van der Waals surface area contributed by atoms with Gasteiger partial charge in [-0.2, -0.15) is 5.10 Å². The van der Waals surface area contributed by atoms with Crippen molar-refractivity contribution in [2.45, 2.75) is 12.8 Å². The Balaban J connectivity index is 1.45. The Kier molecular flexibility index (Phi) is 5.38. The van der Waals surface area contributed by atoms with Crippen molar-refractivity contribution in [3.8, 4) is 5.75 Å². The number of ether oxygens (including phenoxy) is 1. The summed E-state index contributed by atoms with van der Waals surface area (Å²) >= 11 is 5.95. The van der Waals surface area contributed by atoms with E-state index in [0.717, 1.165) is 19.0 Å². The Morgan fingerprint density at radius 3 is 2.88 bits per heavy atom. The van der Waals surface area contributed by atoms with Crippen molar-refractivity contribution in [3.05, 3.63) is 47.2 Å². The van der Waals surface area contributed by atoms with Gasteiger partial charge in [-0.3, -0.25) is 4.79 Å². The Morgan fingerprint density at radius 2 is 2.08 bits per heavy atom. The Hall–Kier alpha value is -2.47. The summed E-state index contributed by atoms with van der Waals surface area (Å²) in [7, 11) is 0. The van der Waals surface area contributed by atoms with Crippen molar-refractivity contribution in [2.24, 2.45) is 5.10 Å². The van der Waals surface area contributed by atoms with Gasteiger partial charge in [0.15, 0.2) is 12.5 Å². The van der Waals surface area contributed by atoms with E-state index in [9.17, 15) is 4.79 Å². The number of amides is 1. The molecule has 1 aliphatic rings. The smallest absolute Gasteiger partial charge is 0.277 e. The van der Waals surface area contributed by atoms with Gasteiger partial charge >= 0.3 is 0 Å². The van der Waals surface area contributed by atoms with E-state index in [0.29, 0.717) is 16.5 Å². The first kappa shape index (κ1) is 16.4. The summed E-state index contributed by atoms with van der Waals surface area (Å²) in [6, 6.07) is 10.7. The maximum absolute atomic E-state index is 11.7. The van der Waals surface area contributed by atoms with Crippen LogP contribution in [0.25, 0.3) is 0 Å². The number of hydrazone groups is 1. The maximum atomic E-state index is 11.7. The molecule has 0 aliphatic carbocycles. The predicted molar refractivity (Wildman–Crippen MR) is 92.8 cm³/mol. The fourth-order valence-electron chi connectivity index (χ4n) is 2.42. The molecule has 7 heteroatoms. The van der Waals surface area contributed by atoms with Crippen LogP contribution in [0.1, 0.15) is 18.6 Å². The number of furan rings is 1. The second-order valence-corrected chi connectivity index (χ2v) is 5.79. The van der Waals surface area contributed by atoms with Crippen LogP contribution in [0, 0.1) is 0 Å². The van der Waals surface area contributed by atoms with Crippen molar-refractivity contribution < 1.29 is 13.9 Å². The summed E-state index contributed by atoms with van der Waals surface area (Å²) in [5.41, 5.74) is 2.39. The van der Waals surface area contributed by atoms with E-state index in [-0.39, 0.29) is 12.5 Å². The molecule has 0 spiro atoms. The van der Waals surface area contributed by atoms with Crippen LogP contribution in [0.2, 0.25) is 5.02 Å². The fraction of sp³-hybridized carbons (Fsp3) is 0.294. The van der Waals surface area contributed by atoms with Crippen LogP contribution in [0.4, 0.5) is 5.88 Å². The second-order valence-electron chi connectivity index (χ2n) is 5.38. The number of rotatable bonds is 6. The minimum Gasteiger partial charge on any atom is -0.482 e. The maximum Gasteiger partial charge on any atom is 0.277 e. The molecule has 6 nitrogen and oxygen atoms in total. The second kappa shape index (κ2) is 7.88. The van der Waals surface area contributed by atoms with E-state index in [1.165, 1.54) is 19.1 Å². The molecular formula is C17H18ClN3O3. The monoisotopic (exact) mass is 347 g/mol. The van der Waals surface area contributed by atoms with Gasteiger partial charge in [0.1, 0.15) is 11.5 Å². The molecule has 0 radical (unpaired) electrons. The van der Waals surface area contributed by atoms with Crippen LogP contribution < -0.4 is 15.1 Å². The molecule has 24 heavy (non-hydrogen) atoms. The lowest BCUT2D eigenvalue weighted by atomic mass is 10.3. The number of halogens is 1. The highest BCUT2D eigenvalue weighted by Gasteiger charge is 2.15. The molecule has 0 atom stereocenters. The zero-order valence-electron chi connectivity index (χ0n) is 13.1. The van der Waals surface area contributed by atoms with Crippen LogP contribution in [-0.4, -0.2) is 31.8 Å². The molecule has 0 unspecified atom stereocenters. The lowest BCUT2D eigenvalue weighted by Crippen LogP contribution is -2.24. The largest absolute Gasteiger partial charge is 0.482 e. The molecule has 2 aromatic rings. The third kappa shape index (κ3) is 4.29. The number of hydrogen-bond acceptors (Lipinski definition) is 5. The number of nitrogens with zero attached hydrogens (tertiary/aromatic N) is 2. The molecule has 126 valence electrons. The van der Waals surface area contributed by atoms with E-state index < -0.39 is 0 Å². The highest BCUT2D eigenvalue weighted by molar-refractivity contribution is 6.32. The number of benzene rings is 1. The summed E-state index contributed by atoms with van der Waals surface area (Å²) < 4.78 is 11.0. The number of para-hydroxylation sites is 1. The average Bonchev–Trinajstić information content (AvgIpc) is 3.25. The van der Waals surface area contributed by atoms with Crippen LogP contribution in [0.5, 0.6) is 5.75 Å². The summed E-state index contributed by atoms with van der Waals surface area (Å²) in [5.74, 6) is 1.50. The van der Waals surface area contributed by atoms with Crippen molar-refractivity contribution in [3.63, 3.8) is 0 Å². The molecule has 0 saturated carbocycles. The van der Waals surface area contributed by atoms with Gasteiger partial charge in [-0.05, 0) is 31.0 Å². The van der Waals surface area contributed by atoms with E-state index in [2.05, 4.69) is 15.4 Å². The third-order valence-corrected chi connectivity index (χ3v) is 3.92. The first-order valence-corrected chi connectivity index (χ1v) is 8.14. The van der Waals surface area contributed by atoms with E-state index >= 15 is 0 Å². The van der Waals surface area contributed by atoms with E-state index in [1.807, 2.05) is 12.1 Å². The Labute approximate surface area is 145 Å². The Bertz CT molecular complexity index is 723. The van der Waals surface area contributed by atoms with Crippen LogP contribution in [-0.2, 0) is 4.79 Å². The average molecular weight is 348 g/mol. The van der Waals surface area contributed by atoms with Crippen molar-refractivity contribution in [2.75, 3.05) is 24.6 Å². The summed E-state index contributed by atoms with van der Waals surface area (Å²) in [4.78, 5) is 13.9. The van der Waals surface area contributed by atoms with Gasteiger partial charge in [0.05, 0.1) is 11.2 Å². The van der Waals surface area contributed by atoms with Gasteiger partial charge < -0.3 is 14.1 Å². The lowest BCUT2D eigenvalue weighted by Gasteiger charge is -2.12. The highest BCUT2D eigenvalue weighted by Crippen LogP contribution is 2.23. The fourth-order valence-corrected chi connectivity index (χ4v) is 2.61. The van der Waals surface area contributed by atoms with Crippen LogP contribution in [0.3, 0.4) is 0 Å². The van der Waals surface area contributed by atoms with Gasteiger partial charge in [0.2, 0.25) is 0 Å². The normalized spacial score (nSPS) is 14.3. The van der Waals surface area contributed by atoms with Gasteiger partial charge in [0.25, 0.3) is 5.91 Å². The quantitative estimate of drug-likeness (QED) is 0.644. The van der Waals surface area contributed by atoms with Crippen molar-refractivity contribution >= 4 is 29.6 Å². The standard InChI is InChI=1S/C17H18ClN3O3/c18-14-5-1-2-6-15(14)23-12-16(22)20-19-11-13-7-8-17(24-13)21-9-3-4-10-21/h1-2,5-8,11H,3-4,9-10,12H2,(H,20,22)/b19-11+. The molecule has 1 saturated heterocycles. The van der Waals surface area contributed by atoms with Gasteiger partial charge in [0, 0.05) is 19.2 Å². The van der Waals surface area contributed by atoms with Crippen molar-refractivity contribution in [1.29, 1.82) is 0 Å². The molecule has 1 aliphatic heterocycles. The molecule has 1 aromatic carbocycles. The van der Waals surface area contributed by atoms with Gasteiger partial charge in [-0.1, -0.05) is 23.7 Å². The predicted octanol–water partition coefficient (Wildman–Crippen LogP) is 3.06. The molecule has 2 heterocycles. The van der Waals surface area contributed by atoms with E-state index in [1.54, 1.807) is 24.3 Å². The summed E-state index contributed by atoms with van der Waals surface area (Å²) in [6.45, 7) is 1.86. The molecule has 1 fully saturated rings. The first-order valence-electron chi connectivity index (χ1n) is 7.76. The topological polar surface area (TPSA) is 67.1 Å². The molecule has 1 amide bonds. The minimum atomic E-state index is -0.377. The third-order valence-electron chi connectivity index (χ3n) is 3.61. The van der Waals surface area contributed by atoms with Gasteiger partial charge in [-0.25, -0.2) is 5.43 Å². The number of anilines is 1. The molecular weight excluding hydrogens is 330 g/mol. The van der Waals surface area contributed by atoms with E-state index in [4.69, 9.17) is 20.8 Å². The molecule has 1 aromatic heterocycles. The number of carbonyl (C=O) groups is 1. The first-order chi connectivity index (χ1) is 11.7. The molecule has 1 N–H and O–H groups in total. The zero-order valence-corrected chi connectivity index (χ0v) is 13.8. The number of hydrogen-bond donors (Lipinski definition) is 1. The lowest BCUT2D eigenvalue weighted by molar-refractivity contribution is -0.123. The highest BCUT2D eigenvalue weighted by atomic mass is 35.5.